The Balaban J connectivity index is 0.00000441. The Hall–Kier alpha value is -4.07. The fourth-order valence-electron chi connectivity index (χ4n) is 4.32. The molecule has 1 saturated heterocycles. The highest BCUT2D eigenvalue weighted by molar-refractivity contribution is 7.59. The summed E-state index contributed by atoms with van der Waals surface area (Å²) in [6.45, 7) is 0.610. The lowest BCUT2D eigenvalue weighted by Crippen LogP contribution is -2.49. The minimum Gasteiger partial charge on any atom is -0.482 e. The van der Waals surface area contributed by atoms with E-state index in [1.165, 1.54) is 4.90 Å². The minimum absolute atomic E-state index is 0. The summed E-state index contributed by atoms with van der Waals surface area (Å²) in [7, 11) is 0. The number of para-hydroxylation sites is 1. The van der Waals surface area contributed by atoms with Gasteiger partial charge in [0.05, 0.1) is 11.8 Å². The first-order chi connectivity index (χ1) is 18.6. The molecule has 14 heteroatoms. The molecule has 4 rings (SSSR count). The van der Waals surface area contributed by atoms with Gasteiger partial charge < -0.3 is 24.6 Å². The van der Waals surface area contributed by atoms with Gasteiger partial charge in [-0.15, -0.1) is 0 Å². The standard InChI is InChI=1S/C26H24F3N3O7.H2S/c1-13-16(27)10-17(28)22(29)24(13)38-12-19(33)18(11-21(34)35)30-25(36)14-6-8-32(9-7-14)26(37)23-15-4-2-3-5-20(15)39-31-23;/h2-5,10,14,18H,6-9,11-12H2,1H3,(H,30,36)(H,34,35);1H2/t18-;/m0./s1. The molecular formula is C26H26F3N3O7S. The number of carboxylic acid groups (broad SMARTS) is 1. The number of hydrogen-bond donors (Lipinski definition) is 2. The van der Waals surface area contributed by atoms with E-state index in [1.807, 2.05) is 0 Å². The molecule has 0 radical (unpaired) electrons. The normalized spacial score (nSPS) is 14.3. The molecule has 0 unspecified atom stereocenters. The number of fused-ring (bicyclic) bond motifs is 1. The summed E-state index contributed by atoms with van der Waals surface area (Å²) in [5.74, 6) is -8.83. The second-order valence-corrected chi connectivity index (χ2v) is 9.12. The van der Waals surface area contributed by atoms with Crippen LogP contribution in [0, 0.1) is 30.3 Å². The van der Waals surface area contributed by atoms with Crippen LogP contribution in [0.5, 0.6) is 5.75 Å². The zero-order valence-electron chi connectivity index (χ0n) is 21.2. The largest absolute Gasteiger partial charge is 0.482 e. The van der Waals surface area contributed by atoms with Crippen LogP contribution in [0.25, 0.3) is 11.0 Å². The number of Topliss-reactive ketones (excluding diaryl/α,β-unsaturated/α-hetero) is 1. The van der Waals surface area contributed by atoms with Crippen molar-refractivity contribution >= 4 is 48.0 Å². The highest BCUT2D eigenvalue weighted by Gasteiger charge is 2.33. The maximum atomic E-state index is 14.0. The van der Waals surface area contributed by atoms with E-state index in [-0.39, 0.29) is 56.6 Å². The molecule has 1 aromatic heterocycles. The molecule has 2 N–H and O–H groups in total. The molecule has 2 amide bonds. The third-order valence-corrected chi connectivity index (χ3v) is 6.54. The Morgan fingerprint density at radius 1 is 1.15 bits per heavy atom. The zero-order valence-corrected chi connectivity index (χ0v) is 22.2. The van der Waals surface area contributed by atoms with Crippen LogP contribution >= 0.6 is 13.5 Å². The van der Waals surface area contributed by atoms with Gasteiger partial charge >= 0.3 is 5.97 Å². The molecule has 40 heavy (non-hydrogen) atoms. The van der Waals surface area contributed by atoms with Crippen LogP contribution in [0.3, 0.4) is 0 Å². The summed E-state index contributed by atoms with van der Waals surface area (Å²) in [6.07, 6.45) is -0.306. The molecule has 2 heterocycles. The first-order valence-corrected chi connectivity index (χ1v) is 12.0. The van der Waals surface area contributed by atoms with Crippen molar-refractivity contribution < 1.29 is 46.7 Å². The van der Waals surface area contributed by atoms with Gasteiger partial charge in [-0.05, 0) is 31.9 Å². The minimum atomic E-state index is -1.53. The summed E-state index contributed by atoms with van der Waals surface area (Å²) in [5, 5.41) is 16.0. The van der Waals surface area contributed by atoms with E-state index in [0.717, 1.165) is 6.92 Å². The SMILES string of the molecule is Cc1c(F)cc(F)c(F)c1OCC(=O)[C@H](CC(=O)O)NC(=O)C1CCN(C(=O)c2noc3ccccc23)CC1.S. The number of likely N-dealkylation sites (tertiary alicyclic amines) is 1. The van der Waals surface area contributed by atoms with E-state index in [2.05, 4.69) is 10.5 Å². The molecule has 1 aliphatic heterocycles. The number of amides is 2. The summed E-state index contributed by atoms with van der Waals surface area (Å²) in [5.41, 5.74) is 0.250. The van der Waals surface area contributed by atoms with Crippen molar-refractivity contribution in [2.24, 2.45) is 5.92 Å². The van der Waals surface area contributed by atoms with Crippen LogP contribution in [-0.2, 0) is 14.4 Å². The molecule has 1 fully saturated rings. The third-order valence-electron chi connectivity index (χ3n) is 6.54. The van der Waals surface area contributed by atoms with Crippen LogP contribution in [0.1, 0.15) is 35.3 Å². The van der Waals surface area contributed by atoms with Gasteiger partial charge in [0.1, 0.15) is 18.5 Å². The maximum absolute atomic E-state index is 14.0. The number of carbonyl (C=O) groups is 4. The molecule has 1 atom stereocenters. The summed E-state index contributed by atoms with van der Waals surface area (Å²) < 4.78 is 51.5. The number of halogens is 3. The summed E-state index contributed by atoms with van der Waals surface area (Å²) in [4.78, 5) is 51.3. The van der Waals surface area contributed by atoms with Gasteiger partial charge in [-0.25, -0.2) is 8.78 Å². The Morgan fingerprint density at radius 3 is 2.50 bits per heavy atom. The molecule has 1 aliphatic rings. The molecule has 3 aromatic rings. The first-order valence-electron chi connectivity index (χ1n) is 12.0. The number of ketones is 1. The first kappa shape index (κ1) is 30.5. The highest BCUT2D eigenvalue weighted by atomic mass is 32.1. The van der Waals surface area contributed by atoms with Gasteiger partial charge in [0, 0.05) is 30.6 Å². The van der Waals surface area contributed by atoms with E-state index < -0.39 is 65.8 Å². The maximum Gasteiger partial charge on any atom is 0.305 e. The summed E-state index contributed by atoms with van der Waals surface area (Å²) in [6, 6.07) is 5.70. The fourth-order valence-corrected chi connectivity index (χ4v) is 4.32. The van der Waals surface area contributed by atoms with Crippen molar-refractivity contribution in [1.82, 2.24) is 15.4 Å². The molecular weight excluding hydrogens is 555 g/mol. The second-order valence-electron chi connectivity index (χ2n) is 9.12. The lowest BCUT2D eigenvalue weighted by atomic mass is 9.94. The number of rotatable bonds is 9. The number of nitrogens with one attached hydrogen (secondary N) is 1. The van der Waals surface area contributed by atoms with E-state index in [0.29, 0.717) is 17.0 Å². The molecule has 0 aliphatic carbocycles. The molecule has 0 bridgehead atoms. The number of carboxylic acids is 1. The molecule has 0 spiro atoms. The number of hydrogen-bond acceptors (Lipinski definition) is 7. The summed E-state index contributed by atoms with van der Waals surface area (Å²) >= 11 is 0. The van der Waals surface area contributed by atoms with Crippen LogP contribution in [0.15, 0.2) is 34.9 Å². The Morgan fingerprint density at radius 2 is 1.82 bits per heavy atom. The number of benzene rings is 2. The lowest BCUT2D eigenvalue weighted by Gasteiger charge is -2.31. The predicted octanol–water partition coefficient (Wildman–Crippen LogP) is 3.13. The number of piperidine rings is 1. The number of aliphatic carboxylic acids is 1. The van der Waals surface area contributed by atoms with Crippen LogP contribution in [0.4, 0.5) is 13.2 Å². The number of aromatic nitrogens is 1. The number of ether oxygens (including phenoxy) is 1. The molecule has 0 saturated carbocycles. The van der Waals surface area contributed by atoms with Crippen molar-refractivity contribution in [3.05, 3.63) is 59.0 Å². The quantitative estimate of drug-likeness (QED) is 0.368. The monoisotopic (exact) mass is 581 g/mol. The van der Waals surface area contributed by atoms with E-state index in [9.17, 15) is 37.5 Å². The highest BCUT2D eigenvalue weighted by Crippen LogP contribution is 2.27. The molecule has 214 valence electrons. The van der Waals surface area contributed by atoms with E-state index in [1.54, 1.807) is 24.3 Å². The number of carbonyl (C=O) groups excluding carboxylic acids is 3. The van der Waals surface area contributed by atoms with Gasteiger partial charge in [-0.3, -0.25) is 19.2 Å². The van der Waals surface area contributed by atoms with Gasteiger partial charge in [-0.1, -0.05) is 17.3 Å². The average molecular weight is 582 g/mol. The topological polar surface area (TPSA) is 139 Å². The Bertz CT molecular complexity index is 1410. The van der Waals surface area contributed by atoms with Gasteiger partial charge in [-0.2, -0.15) is 17.9 Å². The van der Waals surface area contributed by atoms with Gasteiger partial charge in [0.2, 0.25) is 11.7 Å². The van der Waals surface area contributed by atoms with Crippen molar-refractivity contribution in [3.63, 3.8) is 0 Å². The van der Waals surface area contributed by atoms with Crippen molar-refractivity contribution in [3.8, 4) is 5.75 Å². The predicted molar refractivity (Wildman–Crippen MR) is 139 cm³/mol. The van der Waals surface area contributed by atoms with Crippen LogP contribution in [-0.4, -0.2) is 64.5 Å². The third kappa shape index (κ3) is 6.55. The average Bonchev–Trinajstić information content (AvgIpc) is 3.35. The van der Waals surface area contributed by atoms with Crippen LogP contribution in [0.2, 0.25) is 0 Å². The molecule has 10 nitrogen and oxygen atoms in total. The van der Waals surface area contributed by atoms with Gasteiger partial charge in [0.15, 0.2) is 28.6 Å². The van der Waals surface area contributed by atoms with Gasteiger partial charge in [0.25, 0.3) is 5.91 Å². The van der Waals surface area contributed by atoms with E-state index >= 15 is 0 Å². The lowest BCUT2D eigenvalue weighted by molar-refractivity contribution is -0.141. The molecule has 2 aromatic carbocycles. The Labute approximate surface area is 232 Å². The smallest absolute Gasteiger partial charge is 0.305 e. The number of nitrogens with zero attached hydrogens (tertiary/aromatic N) is 2. The van der Waals surface area contributed by atoms with Crippen molar-refractivity contribution in [2.75, 3.05) is 19.7 Å². The van der Waals surface area contributed by atoms with Crippen LogP contribution < -0.4 is 10.1 Å². The second kappa shape index (κ2) is 12.9. The van der Waals surface area contributed by atoms with Crippen molar-refractivity contribution in [2.45, 2.75) is 32.2 Å². The Kier molecular flexibility index (Phi) is 9.79. The fraction of sp³-hybridized carbons (Fsp3) is 0.346. The van der Waals surface area contributed by atoms with Crippen molar-refractivity contribution in [1.29, 1.82) is 0 Å². The zero-order chi connectivity index (χ0) is 28.3. The van der Waals surface area contributed by atoms with E-state index in [4.69, 9.17) is 9.26 Å².